The molecule has 4 nitrogen and oxygen atoms in total. The molecule has 2 heterocycles. The lowest BCUT2D eigenvalue weighted by Gasteiger charge is -2.01. The second-order valence-electron chi connectivity index (χ2n) is 3.84. The van der Waals surface area contributed by atoms with Crippen molar-refractivity contribution in [1.82, 2.24) is 15.0 Å². The van der Waals surface area contributed by atoms with Crippen LogP contribution in [0.2, 0.25) is 0 Å². The van der Waals surface area contributed by atoms with Gasteiger partial charge in [0.25, 0.3) is 0 Å². The van der Waals surface area contributed by atoms with E-state index in [2.05, 4.69) is 15.0 Å². The van der Waals surface area contributed by atoms with E-state index in [1.807, 2.05) is 31.5 Å². The molecule has 15 heavy (non-hydrogen) atoms. The zero-order valence-corrected chi connectivity index (χ0v) is 8.83. The van der Waals surface area contributed by atoms with Crippen LogP contribution < -0.4 is 5.73 Å². The highest BCUT2D eigenvalue weighted by atomic mass is 14.9. The first-order valence-electron chi connectivity index (χ1n) is 5.19. The first-order chi connectivity index (χ1) is 7.25. The van der Waals surface area contributed by atoms with Crippen LogP contribution in [0, 0.1) is 0 Å². The van der Waals surface area contributed by atoms with Crippen molar-refractivity contribution in [3.05, 3.63) is 30.4 Å². The summed E-state index contributed by atoms with van der Waals surface area (Å²) in [4.78, 5) is 10.7. The number of hydrogen-bond acceptors (Lipinski definition) is 2. The van der Waals surface area contributed by atoms with Gasteiger partial charge in [-0.25, -0.2) is 4.98 Å². The number of nitrogens with two attached hydrogens (primary N) is 1. The van der Waals surface area contributed by atoms with E-state index in [0.29, 0.717) is 0 Å². The number of nitrogens with zero attached hydrogens (tertiary/aromatic N) is 1. The molecule has 2 aromatic heterocycles. The smallest absolute Gasteiger partial charge is 0.106 e. The van der Waals surface area contributed by atoms with E-state index in [9.17, 15) is 0 Å². The SMILES string of the molecule is CC(N)CCc1ncc(-c2ccc[nH]2)[nH]1. The number of nitrogens with one attached hydrogen (secondary N) is 2. The predicted octanol–water partition coefficient (Wildman–Crippen LogP) is 1.68. The van der Waals surface area contributed by atoms with Crippen molar-refractivity contribution in [2.45, 2.75) is 25.8 Å². The van der Waals surface area contributed by atoms with Gasteiger partial charge < -0.3 is 15.7 Å². The van der Waals surface area contributed by atoms with E-state index >= 15 is 0 Å². The molecule has 0 aliphatic carbocycles. The molecule has 0 aromatic carbocycles. The number of aromatic nitrogens is 3. The number of imidazole rings is 1. The third-order valence-corrected chi connectivity index (χ3v) is 2.35. The molecule has 4 N–H and O–H groups in total. The first kappa shape index (κ1) is 9.98. The Kier molecular flexibility index (Phi) is 2.87. The summed E-state index contributed by atoms with van der Waals surface area (Å²) in [5.74, 6) is 0.997. The minimum atomic E-state index is 0.226. The van der Waals surface area contributed by atoms with Gasteiger partial charge in [0.2, 0.25) is 0 Å². The van der Waals surface area contributed by atoms with E-state index in [0.717, 1.165) is 30.1 Å². The van der Waals surface area contributed by atoms with Gasteiger partial charge in [0, 0.05) is 18.7 Å². The number of hydrogen-bond donors (Lipinski definition) is 3. The van der Waals surface area contributed by atoms with Crippen LogP contribution in [-0.2, 0) is 6.42 Å². The first-order valence-corrected chi connectivity index (χ1v) is 5.19. The summed E-state index contributed by atoms with van der Waals surface area (Å²) in [6.45, 7) is 2.01. The van der Waals surface area contributed by atoms with Crippen LogP contribution in [0.25, 0.3) is 11.4 Å². The van der Waals surface area contributed by atoms with E-state index < -0.39 is 0 Å². The Balaban J connectivity index is 2.04. The van der Waals surface area contributed by atoms with Crippen molar-refractivity contribution in [3.63, 3.8) is 0 Å². The van der Waals surface area contributed by atoms with Crippen LogP contribution in [0.1, 0.15) is 19.2 Å². The van der Waals surface area contributed by atoms with E-state index in [4.69, 9.17) is 5.73 Å². The molecular formula is C11H16N4. The fourth-order valence-electron chi connectivity index (χ4n) is 1.49. The Labute approximate surface area is 88.9 Å². The average Bonchev–Trinajstić information content (AvgIpc) is 2.85. The molecule has 4 heteroatoms. The van der Waals surface area contributed by atoms with Gasteiger partial charge in [-0.3, -0.25) is 0 Å². The van der Waals surface area contributed by atoms with Gasteiger partial charge in [0.1, 0.15) is 5.82 Å². The fraction of sp³-hybridized carbons (Fsp3) is 0.364. The Hall–Kier alpha value is -1.55. The van der Waals surface area contributed by atoms with Gasteiger partial charge in [-0.15, -0.1) is 0 Å². The third kappa shape index (κ3) is 2.47. The molecule has 2 aromatic rings. The summed E-state index contributed by atoms with van der Waals surface area (Å²) in [6, 6.07) is 4.21. The molecule has 0 bridgehead atoms. The lowest BCUT2D eigenvalue weighted by atomic mass is 10.2. The second-order valence-corrected chi connectivity index (χ2v) is 3.84. The maximum atomic E-state index is 5.69. The van der Waals surface area contributed by atoms with Gasteiger partial charge >= 0.3 is 0 Å². The van der Waals surface area contributed by atoms with Crippen molar-refractivity contribution in [2.75, 3.05) is 0 Å². The normalized spacial score (nSPS) is 12.9. The molecule has 0 saturated heterocycles. The zero-order chi connectivity index (χ0) is 10.7. The molecule has 0 aliphatic heterocycles. The molecule has 2 rings (SSSR count). The van der Waals surface area contributed by atoms with Crippen molar-refractivity contribution in [1.29, 1.82) is 0 Å². The topological polar surface area (TPSA) is 70.5 Å². The largest absolute Gasteiger partial charge is 0.360 e. The molecule has 0 radical (unpaired) electrons. The van der Waals surface area contributed by atoms with Crippen LogP contribution >= 0.6 is 0 Å². The van der Waals surface area contributed by atoms with Gasteiger partial charge in [-0.05, 0) is 25.5 Å². The predicted molar refractivity (Wildman–Crippen MR) is 60.3 cm³/mol. The highest BCUT2D eigenvalue weighted by molar-refractivity contribution is 5.53. The zero-order valence-electron chi connectivity index (χ0n) is 8.83. The van der Waals surface area contributed by atoms with E-state index in [-0.39, 0.29) is 6.04 Å². The van der Waals surface area contributed by atoms with Crippen molar-refractivity contribution in [2.24, 2.45) is 5.73 Å². The molecule has 1 unspecified atom stereocenters. The molecule has 1 atom stereocenters. The summed E-state index contributed by atoms with van der Waals surface area (Å²) in [7, 11) is 0. The Morgan fingerprint density at radius 3 is 3.00 bits per heavy atom. The molecule has 0 aliphatic rings. The molecule has 0 saturated carbocycles. The summed E-state index contributed by atoms with van der Waals surface area (Å²) < 4.78 is 0. The van der Waals surface area contributed by atoms with Crippen LogP contribution in [-0.4, -0.2) is 21.0 Å². The molecule has 0 amide bonds. The van der Waals surface area contributed by atoms with Crippen molar-refractivity contribution < 1.29 is 0 Å². The number of aromatic amines is 2. The summed E-state index contributed by atoms with van der Waals surface area (Å²) in [5, 5.41) is 0. The highest BCUT2D eigenvalue weighted by Crippen LogP contribution is 2.14. The Morgan fingerprint density at radius 1 is 1.47 bits per heavy atom. The van der Waals surface area contributed by atoms with Crippen molar-refractivity contribution in [3.8, 4) is 11.4 Å². The van der Waals surface area contributed by atoms with Gasteiger partial charge in [0.15, 0.2) is 0 Å². The minimum absolute atomic E-state index is 0.226. The highest BCUT2D eigenvalue weighted by Gasteiger charge is 2.04. The molecule has 80 valence electrons. The third-order valence-electron chi connectivity index (χ3n) is 2.35. The van der Waals surface area contributed by atoms with Gasteiger partial charge in [-0.2, -0.15) is 0 Å². The minimum Gasteiger partial charge on any atom is -0.360 e. The maximum Gasteiger partial charge on any atom is 0.106 e. The second kappa shape index (κ2) is 4.31. The maximum absolute atomic E-state index is 5.69. The Bertz CT molecular complexity index is 400. The number of aryl methyl sites for hydroxylation is 1. The Morgan fingerprint density at radius 2 is 2.33 bits per heavy atom. The summed E-state index contributed by atoms with van der Waals surface area (Å²) in [5.41, 5.74) is 7.79. The van der Waals surface area contributed by atoms with E-state index in [1.165, 1.54) is 0 Å². The number of H-pyrrole nitrogens is 2. The van der Waals surface area contributed by atoms with Gasteiger partial charge in [-0.1, -0.05) is 0 Å². The van der Waals surface area contributed by atoms with Crippen LogP contribution in [0.3, 0.4) is 0 Å². The van der Waals surface area contributed by atoms with Crippen LogP contribution in [0.5, 0.6) is 0 Å². The summed E-state index contributed by atoms with van der Waals surface area (Å²) in [6.07, 6.45) is 5.61. The lowest BCUT2D eigenvalue weighted by Crippen LogP contribution is -2.15. The van der Waals surface area contributed by atoms with Crippen LogP contribution in [0.4, 0.5) is 0 Å². The fourth-order valence-corrected chi connectivity index (χ4v) is 1.49. The molecule has 0 spiro atoms. The monoisotopic (exact) mass is 204 g/mol. The summed E-state index contributed by atoms with van der Waals surface area (Å²) >= 11 is 0. The lowest BCUT2D eigenvalue weighted by molar-refractivity contribution is 0.652. The standard InChI is InChI=1S/C11H16N4/c1-8(12)4-5-11-14-7-10(15-11)9-3-2-6-13-9/h2-3,6-8,13H,4-5,12H2,1H3,(H,14,15). The average molecular weight is 204 g/mol. The van der Waals surface area contributed by atoms with Crippen LogP contribution in [0.15, 0.2) is 24.5 Å². The van der Waals surface area contributed by atoms with E-state index in [1.54, 1.807) is 0 Å². The quantitative estimate of drug-likeness (QED) is 0.709. The number of rotatable bonds is 4. The van der Waals surface area contributed by atoms with Crippen molar-refractivity contribution >= 4 is 0 Å². The van der Waals surface area contributed by atoms with Gasteiger partial charge in [0.05, 0.1) is 17.6 Å². The molecular weight excluding hydrogens is 188 g/mol. The molecule has 0 fully saturated rings.